The topological polar surface area (TPSA) is 97.9 Å². The van der Waals surface area contributed by atoms with Gasteiger partial charge in [0.2, 0.25) is 0 Å². The third-order valence-electron chi connectivity index (χ3n) is 5.60. The van der Waals surface area contributed by atoms with E-state index < -0.39 is 0 Å². The third-order valence-corrected chi connectivity index (χ3v) is 5.60. The third kappa shape index (κ3) is 4.07. The number of carbonyl (C=O) groups is 2. The van der Waals surface area contributed by atoms with Crippen LogP contribution in [0.2, 0.25) is 0 Å². The number of nitrogens with one attached hydrogen (secondary N) is 1. The molecule has 2 fully saturated rings. The Hall–Kier alpha value is -2.71. The van der Waals surface area contributed by atoms with Crippen molar-refractivity contribution < 1.29 is 9.59 Å². The number of aryl methyl sites for hydroxylation is 3. The van der Waals surface area contributed by atoms with Crippen LogP contribution in [0, 0.1) is 6.92 Å². The van der Waals surface area contributed by atoms with Crippen LogP contribution in [0.4, 0.5) is 0 Å². The summed E-state index contributed by atoms with van der Waals surface area (Å²) in [5.74, 6) is -0.162. The van der Waals surface area contributed by atoms with Crippen LogP contribution >= 0.6 is 0 Å². The molecule has 150 valence electrons. The highest BCUT2D eigenvalue weighted by Gasteiger charge is 2.29. The highest BCUT2D eigenvalue weighted by Crippen LogP contribution is 2.23. The van der Waals surface area contributed by atoms with Gasteiger partial charge in [0.1, 0.15) is 0 Å². The standard InChI is InChI=1S/C19H27N7O2/c1-13-11-16(22-24(13)2)19(28)26-9-4-3-5-15(26)8-10-25-12-17(21-23-25)18(27)20-14-6-7-14/h11-12,14-15H,3-10H2,1-2H3,(H,20,27). The number of likely N-dealkylation sites (tertiary alicyclic amines) is 1. The first kappa shape index (κ1) is 18.6. The molecule has 1 aliphatic carbocycles. The van der Waals surface area contributed by atoms with E-state index in [1.54, 1.807) is 15.6 Å². The number of nitrogens with zero attached hydrogens (tertiary/aromatic N) is 6. The molecule has 9 nitrogen and oxygen atoms in total. The van der Waals surface area contributed by atoms with Gasteiger partial charge in [0, 0.05) is 37.9 Å². The molecule has 2 aromatic heterocycles. The SMILES string of the molecule is Cc1cc(C(=O)N2CCCCC2CCn2cc(C(=O)NC3CC3)nn2)nn1C. The molecule has 0 radical (unpaired) electrons. The maximum absolute atomic E-state index is 13.0. The first-order valence-corrected chi connectivity index (χ1v) is 10.0. The van der Waals surface area contributed by atoms with Crippen LogP contribution in [-0.4, -0.2) is 60.1 Å². The fourth-order valence-corrected chi connectivity index (χ4v) is 3.66. The Morgan fingerprint density at radius 3 is 2.75 bits per heavy atom. The van der Waals surface area contributed by atoms with Crippen molar-refractivity contribution in [3.8, 4) is 0 Å². The van der Waals surface area contributed by atoms with Gasteiger partial charge in [-0.3, -0.25) is 19.0 Å². The molecule has 1 unspecified atom stereocenters. The highest BCUT2D eigenvalue weighted by atomic mass is 16.2. The van der Waals surface area contributed by atoms with Crippen molar-refractivity contribution in [1.29, 1.82) is 0 Å². The maximum Gasteiger partial charge on any atom is 0.274 e. The van der Waals surface area contributed by atoms with Gasteiger partial charge in [-0.05, 0) is 51.5 Å². The zero-order chi connectivity index (χ0) is 19.7. The smallest absolute Gasteiger partial charge is 0.274 e. The second-order valence-electron chi connectivity index (χ2n) is 7.85. The summed E-state index contributed by atoms with van der Waals surface area (Å²) in [6.45, 7) is 3.32. The number of hydrogen-bond acceptors (Lipinski definition) is 5. The van der Waals surface area contributed by atoms with Crippen LogP contribution in [0.25, 0.3) is 0 Å². The summed E-state index contributed by atoms with van der Waals surface area (Å²) in [5, 5.41) is 15.3. The molecule has 2 aromatic rings. The summed E-state index contributed by atoms with van der Waals surface area (Å²) >= 11 is 0. The second kappa shape index (κ2) is 7.73. The van der Waals surface area contributed by atoms with E-state index in [9.17, 15) is 9.59 Å². The molecule has 28 heavy (non-hydrogen) atoms. The summed E-state index contributed by atoms with van der Waals surface area (Å²) in [6.07, 6.45) is 7.66. The van der Waals surface area contributed by atoms with E-state index >= 15 is 0 Å². The number of carbonyl (C=O) groups excluding carboxylic acids is 2. The molecule has 1 N–H and O–H groups in total. The molecule has 4 rings (SSSR count). The van der Waals surface area contributed by atoms with Crippen LogP contribution in [0.1, 0.15) is 65.2 Å². The summed E-state index contributed by atoms with van der Waals surface area (Å²) < 4.78 is 3.43. The normalized spacial score (nSPS) is 19.6. The van der Waals surface area contributed by atoms with Gasteiger partial charge in [-0.1, -0.05) is 5.21 Å². The van der Waals surface area contributed by atoms with E-state index in [1.165, 1.54) is 0 Å². The number of piperidine rings is 1. The molecule has 1 saturated carbocycles. The molecule has 2 aliphatic rings. The molecule has 2 amide bonds. The Kier molecular flexibility index (Phi) is 5.15. The molecule has 1 aliphatic heterocycles. The van der Waals surface area contributed by atoms with Gasteiger partial charge < -0.3 is 10.2 Å². The number of aromatic nitrogens is 5. The summed E-state index contributed by atoms with van der Waals surface area (Å²) in [7, 11) is 1.85. The van der Waals surface area contributed by atoms with E-state index in [1.807, 2.05) is 24.9 Å². The minimum atomic E-state index is -0.159. The van der Waals surface area contributed by atoms with Crippen molar-refractivity contribution >= 4 is 11.8 Å². The maximum atomic E-state index is 13.0. The lowest BCUT2D eigenvalue weighted by Crippen LogP contribution is -2.44. The number of hydrogen-bond donors (Lipinski definition) is 1. The summed E-state index contributed by atoms with van der Waals surface area (Å²) in [6, 6.07) is 2.29. The van der Waals surface area contributed by atoms with E-state index in [4.69, 9.17) is 0 Å². The molecule has 3 heterocycles. The minimum Gasteiger partial charge on any atom is -0.348 e. The first-order chi connectivity index (χ1) is 13.5. The van der Waals surface area contributed by atoms with Crippen LogP contribution < -0.4 is 5.32 Å². The van der Waals surface area contributed by atoms with Gasteiger partial charge in [-0.15, -0.1) is 5.10 Å². The molecule has 1 atom stereocenters. The zero-order valence-electron chi connectivity index (χ0n) is 16.5. The van der Waals surface area contributed by atoms with Crippen molar-refractivity contribution in [2.24, 2.45) is 7.05 Å². The van der Waals surface area contributed by atoms with Gasteiger partial charge >= 0.3 is 0 Å². The summed E-state index contributed by atoms with van der Waals surface area (Å²) in [4.78, 5) is 27.0. The zero-order valence-corrected chi connectivity index (χ0v) is 16.5. The van der Waals surface area contributed by atoms with Crippen molar-refractivity contribution in [1.82, 2.24) is 35.0 Å². The Morgan fingerprint density at radius 1 is 1.21 bits per heavy atom. The number of rotatable bonds is 6. The fourth-order valence-electron chi connectivity index (χ4n) is 3.66. The van der Waals surface area contributed by atoms with Crippen molar-refractivity contribution in [2.45, 2.75) is 64.1 Å². The highest BCUT2D eigenvalue weighted by molar-refractivity contribution is 5.93. The van der Waals surface area contributed by atoms with E-state index in [-0.39, 0.29) is 17.9 Å². The van der Waals surface area contributed by atoms with E-state index in [0.29, 0.717) is 24.0 Å². The lowest BCUT2D eigenvalue weighted by atomic mass is 9.99. The molecular weight excluding hydrogens is 358 g/mol. The Morgan fingerprint density at radius 2 is 2.04 bits per heavy atom. The molecule has 0 bridgehead atoms. The lowest BCUT2D eigenvalue weighted by Gasteiger charge is -2.35. The predicted molar refractivity (Wildman–Crippen MR) is 102 cm³/mol. The van der Waals surface area contributed by atoms with Crippen LogP contribution in [0.3, 0.4) is 0 Å². The van der Waals surface area contributed by atoms with Gasteiger partial charge in [-0.25, -0.2) is 0 Å². The van der Waals surface area contributed by atoms with Gasteiger partial charge in [-0.2, -0.15) is 5.10 Å². The second-order valence-corrected chi connectivity index (χ2v) is 7.85. The van der Waals surface area contributed by atoms with Crippen molar-refractivity contribution in [3.05, 3.63) is 29.3 Å². The van der Waals surface area contributed by atoms with E-state index in [0.717, 1.165) is 50.8 Å². The van der Waals surface area contributed by atoms with Crippen LogP contribution in [0.5, 0.6) is 0 Å². The predicted octanol–water partition coefficient (Wildman–Crippen LogP) is 1.30. The van der Waals surface area contributed by atoms with Gasteiger partial charge in [0.25, 0.3) is 11.8 Å². The number of amides is 2. The van der Waals surface area contributed by atoms with Gasteiger partial charge in [0.05, 0.1) is 6.20 Å². The first-order valence-electron chi connectivity index (χ1n) is 10.0. The Bertz CT molecular complexity index is 848. The largest absolute Gasteiger partial charge is 0.348 e. The van der Waals surface area contributed by atoms with Gasteiger partial charge in [0.15, 0.2) is 11.4 Å². The monoisotopic (exact) mass is 385 g/mol. The van der Waals surface area contributed by atoms with Crippen molar-refractivity contribution in [3.63, 3.8) is 0 Å². The molecule has 9 heteroatoms. The minimum absolute atomic E-state index is 0.00325. The van der Waals surface area contributed by atoms with Crippen LogP contribution in [0.15, 0.2) is 12.3 Å². The molecule has 1 saturated heterocycles. The lowest BCUT2D eigenvalue weighted by molar-refractivity contribution is 0.0586. The molecule has 0 spiro atoms. The van der Waals surface area contributed by atoms with Crippen LogP contribution in [-0.2, 0) is 13.6 Å². The summed E-state index contributed by atoms with van der Waals surface area (Å²) in [5.41, 5.74) is 1.83. The quantitative estimate of drug-likeness (QED) is 0.808. The fraction of sp³-hybridized carbons (Fsp3) is 0.632. The average molecular weight is 385 g/mol. The molecule has 0 aromatic carbocycles. The average Bonchev–Trinajstić information content (AvgIpc) is 3.26. The Balaban J connectivity index is 1.37. The Labute approximate surface area is 164 Å². The molecular formula is C19H27N7O2. The van der Waals surface area contributed by atoms with Crippen molar-refractivity contribution in [2.75, 3.05) is 6.54 Å². The van der Waals surface area contributed by atoms with E-state index in [2.05, 4.69) is 20.7 Å².